The van der Waals surface area contributed by atoms with E-state index in [0.29, 0.717) is 18.4 Å². The minimum absolute atomic E-state index is 0.0908. The van der Waals surface area contributed by atoms with Crippen molar-refractivity contribution in [1.82, 2.24) is 4.90 Å². The maximum absolute atomic E-state index is 9.42. The Bertz CT molecular complexity index is 811. The lowest BCUT2D eigenvalue weighted by Crippen LogP contribution is -2.44. The van der Waals surface area contributed by atoms with Crippen molar-refractivity contribution in [3.05, 3.63) is 69.7 Å². The van der Waals surface area contributed by atoms with E-state index in [-0.39, 0.29) is 5.41 Å². The maximum atomic E-state index is 9.42. The van der Waals surface area contributed by atoms with Crippen LogP contribution in [0.5, 0.6) is 0 Å². The van der Waals surface area contributed by atoms with Gasteiger partial charge in [-0.1, -0.05) is 41.9 Å². The van der Waals surface area contributed by atoms with Crippen LogP contribution in [0.4, 0.5) is 0 Å². The van der Waals surface area contributed by atoms with E-state index in [2.05, 4.69) is 41.3 Å². The molecule has 2 aromatic carbocycles. The number of benzene rings is 2. The Morgan fingerprint density at radius 3 is 2.60 bits per heavy atom. The number of halogens is 1. The molecule has 5 rings (SSSR count). The molecule has 1 N–H and O–H groups in total. The largest absolute Gasteiger partial charge is 0.396 e. The number of hydrogen-bond acceptors (Lipinski definition) is 2. The molecule has 2 unspecified atom stereocenters. The fourth-order valence-corrected chi connectivity index (χ4v) is 5.70. The van der Waals surface area contributed by atoms with Gasteiger partial charge >= 0.3 is 0 Å². The predicted molar refractivity (Wildman–Crippen MR) is 101 cm³/mol. The third-order valence-electron chi connectivity index (χ3n) is 6.77. The molecule has 2 nitrogen and oxygen atoms in total. The molecular formula is C22H24ClNO. The summed E-state index contributed by atoms with van der Waals surface area (Å²) in [7, 11) is 0. The minimum Gasteiger partial charge on any atom is -0.396 e. The third-order valence-corrected chi connectivity index (χ3v) is 7.00. The molecule has 1 fully saturated rings. The number of likely N-dealkylation sites (tertiary alicyclic amines) is 1. The first kappa shape index (κ1) is 15.9. The van der Waals surface area contributed by atoms with Crippen LogP contribution in [0.25, 0.3) is 0 Å². The van der Waals surface area contributed by atoms with Gasteiger partial charge in [-0.15, -0.1) is 0 Å². The molecule has 2 aliphatic carbocycles. The van der Waals surface area contributed by atoms with Gasteiger partial charge in [-0.2, -0.15) is 0 Å². The molecule has 0 radical (unpaired) electrons. The molecule has 3 aliphatic rings. The second-order valence-corrected chi connectivity index (χ2v) is 8.50. The van der Waals surface area contributed by atoms with E-state index in [4.69, 9.17) is 11.6 Å². The molecule has 1 aliphatic heterocycles. The number of piperidine rings is 1. The summed E-state index contributed by atoms with van der Waals surface area (Å²) in [6.07, 6.45) is 3.40. The zero-order valence-corrected chi connectivity index (χ0v) is 15.2. The monoisotopic (exact) mass is 353 g/mol. The average molecular weight is 354 g/mol. The Morgan fingerprint density at radius 1 is 1.04 bits per heavy atom. The number of nitrogens with zero attached hydrogens (tertiary/aromatic N) is 1. The highest BCUT2D eigenvalue weighted by Crippen LogP contribution is 2.60. The summed E-state index contributed by atoms with van der Waals surface area (Å²) in [5.41, 5.74) is 6.05. The van der Waals surface area contributed by atoms with Gasteiger partial charge in [-0.25, -0.2) is 0 Å². The van der Waals surface area contributed by atoms with Crippen LogP contribution in [-0.2, 0) is 5.41 Å². The van der Waals surface area contributed by atoms with Crippen molar-refractivity contribution >= 4 is 11.6 Å². The van der Waals surface area contributed by atoms with Crippen LogP contribution in [0.2, 0.25) is 5.02 Å². The number of aliphatic hydroxyl groups is 1. The number of hydrogen-bond donors (Lipinski definition) is 1. The number of fused-ring (bicyclic) bond motifs is 8. The van der Waals surface area contributed by atoms with Crippen LogP contribution in [0.1, 0.15) is 47.4 Å². The zero-order valence-electron chi connectivity index (χ0n) is 14.4. The third kappa shape index (κ3) is 2.31. The molecule has 2 bridgehead atoms. The van der Waals surface area contributed by atoms with Crippen LogP contribution in [-0.4, -0.2) is 36.2 Å². The number of rotatable bonds is 3. The fourth-order valence-electron chi connectivity index (χ4n) is 5.53. The molecule has 0 spiro atoms. The van der Waals surface area contributed by atoms with Crippen LogP contribution in [0.3, 0.4) is 0 Å². The van der Waals surface area contributed by atoms with E-state index in [9.17, 15) is 5.11 Å². The van der Waals surface area contributed by atoms with E-state index in [1.165, 1.54) is 28.7 Å². The molecule has 3 heteroatoms. The van der Waals surface area contributed by atoms with Crippen molar-refractivity contribution in [3.8, 4) is 0 Å². The first-order valence-corrected chi connectivity index (χ1v) is 9.81. The van der Waals surface area contributed by atoms with Crippen molar-refractivity contribution < 1.29 is 5.11 Å². The van der Waals surface area contributed by atoms with Crippen LogP contribution >= 0.6 is 11.6 Å². The SMILES string of the molecule is OCC1CCN(CC23CC(c4ccccc42)c2ccc(Cl)cc23)CC1. The summed E-state index contributed by atoms with van der Waals surface area (Å²) in [5.74, 6) is 1.01. The van der Waals surface area contributed by atoms with Gasteiger partial charge in [0.05, 0.1) is 0 Å². The lowest BCUT2D eigenvalue weighted by Gasteiger charge is -2.39. The van der Waals surface area contributed by atoms with Crippen LogP contribution < -0.4 is 0 Å². The maximum Gasteiger partial charge on any atom is 0.0460 e. The smallest absolute Gasteiger partial charge is 0.0460 e. The molecule has 0 saturated carbocycles. The summed E-state index contributed by atoms with van der Waals surface area (Å²) in [4.78, 5) is 2.61. The highest BCUT2D eigenvalue weighted by atomic mass is 35.5. The van der Waals surface area contributed by atoms with Crippen molar-refractivity contribution in [2.24, 2.45) is 5.92 Å². The second-order valence-electron chi connectivity index (χ2n) is 8.06. The molecule has 130 valence electrons. The van der Waals surface area contributed by atoms with Gasteiger partial charge in [-0.05, 0) is 72.7 Å². The molecule has 2 aromatic rings. The Balaban J connectivity index is 1.55. The molecule has 0 aromatic heterocycles. The minimum atomic E-state index is 0.0908. The van der Waals surface area contributed by atoms with Gasteiger partial charge in [0.2, 0.25) is 0 Å². The van der Waals surface area contributed by atoms with Crippen molar-refractivity contribution in [3.63, 3.8) is 0 Å². The summed E-state index contributed by atoms with van der Waals surface area (Å²) < 4.78 is 0. The van der Waals surface area contributed by atoms with Gasteiger partial charge in [0.25, 0.3) is 0 Å². The van der Waals surface area contributed by atoms with Gasteiger partial charge in [-0.3, -0.25) is 0 Å². The summed E-state index contributed by atoms with van der Waals surface area (Å²) in [5, 5.41) is 10.3. The van der Waals surface area contributed by atoms with E-state index >= 15 is 0 Å². The number of aliphatic hydroxyl groups excluding tert-OH is 1. The summed E-state index contributed by atoms with van der Waals surface area (Å²) in [6.45, 7) is 3.60. The molecule has 25 heavy (non-hydrogen) atoms. The van der Waals surface area contributed by atoms with Crippen molar-refractivity contribution in [2.45, 2.75) is 30.6 Å². The topological polar surface area (TPSA) is 23.5 Å². The lowest BCUT2D eigenvalue weighted by molar-refractivity contribution is 0.118. The Hall–Kier alpha value is -1.35. The van der Waals surface area contributed by atoms with Crippen molar-refractivity contribution in [1.29, 1.82) is 0 Å². The average Bonchev–Trinajstić information content (AvgIpc) is 3.14. The van der Waals surface area contributed by atoms with Gasteiger partial charge in [0, 0.05) is 29.5 Å². The van der Waals surface area contributed by atoms with Crippen LogP contribution in [0, 0.1) is 5.92 Å². The Labute approximate surface area is 154 Å². The molecular weight excluding hydrogens is 330 g/mol. The van der Waals surface area contributed by atoms with E-state index in [1.807, 2.05) is 6.07 Å². The van der Waals surface area contributed by atoms with Crippen molar-refractivity contribution in [2.75, 3.05) is 26.2 Å². The van der Waals surface area contributed by atoms with E-state index in [0.717, 1.165) is 37.5 Å². The molecule has 1 saturated heterocycles. The van der Waals surface area contributed by atoms with Crippen LogP contribution in [0.15, 0.2) is 42.5 Å². The quantitative estimate of drug-likeness (QED) is 0.894. The predicted octanol–water partition coefficient (Wildman–Crippen LogP) is 4.18. The van der Waals surface area contributed by atoms with E-state index < -0.39 is 0 Å². The van der Waals surface area contributed by atoms with Gasteiger partial charge in [0.1, 0.15) is 0 Å². The van der Waals surface area contributed by atoms with Gasteiger partial charge < -0.3 is 10.0 Å². The first-order valence-electron chi connectivity index (χ1n) is 9.44. The second kappa shape index (κ2) is 5.84. The zero-order chi connectivity index (χ0) is 17.0. The first-order chi connectivity index (χ1) is 12.2. The summed E-state index contributed by atoms with van der Waals surface area (Å²) in [6, 6.07) is 15.5. The van der Waals surface area contributed by atoms with Gasteiger partial charge in [0.15, 0.2) is 0 Å². The Kier molecular flexibility index (Phi) is 3.70. The van der Waals surface area contributed by atoms with E-state index in [1.54, 1.807) is 0 Å². The molecule has 2 atom stereocenters. The molecule has 0 amide bonds. The standard InChI is InChI=1S/C22H24ClNO/c23-16-5-6-18-19-12-22(21(18)11-16,20-4-2-1-3-17(19)20)14-24-9-7-15(13-25)8-10-24/h1-6,11,15,19,25H,7-10,12-14H2. The lowest BCUT2D eigenvalue weighted by atomic mass is 9.74. The highest BCUT2D eigenvalue weighted by Gasteiger charge is 2.53. The molecule has 1 heterocycles. The normalized spacial score (nSPS) is 28.2. The fraction of sp³-hybridized carbons (Fsp3) is 0.455. The Morgan fingerprint density at radius 2 is 1.80 bits per heavy atom. The summed E-state index contributed by atoms with van der Waals surface area (Å²) >= 11 is 6.39. The highest BCUT2D eigenvalue weighted by molar-refractivity contribution is 6.30.